The molecule has 3 heteroatoms. The Bertz CT molecular complexity index is 343. The molecule has 0 fully saturated rings. The van der Waals surface area contributed by atoms with Gasteiger partial charge < -0.3 is 5.11 Å². The van der Waals surface area contributed by atoms with Crippen molar-refractivity contribution >= 4 is 11.3 Å². The summed E-state index contributed by atoms with van der Waals surface area (Å²) in [6.07, 6.45) is 2.57. The predicted octanol–water partition coefficient (Wildman–Crippen LogP) is 2.71. The van der Waals surface area contributed by atoms with Gasteiger partial charge in [0.1, 0.15) is 0 Å². The van der Waals surface area contributed by atoms with E-state index in [2.05, 4.69) is 25.8 Å². The van der Waals surface area contributed by atoms with Crippen LogP contribution in [-0.4, -0.2) is 10.1 Å². The Kier molecular flexibility index (Phi) is 2.40. The molecular weight excluding hydrogens is 194 g/mol. The van der Waals surface area contributed by atoms with Crippen LogP contribution in [0.3, 0.4) is 0 Å². The lowest BCUT2D eigenvalue weighted by Crippen LogP contribution is -2.24. The molecule has 1 aromatic heterocycles. The molecule has 1 aliphatic carbocycles. The summed E-state index contributed by atoms with van der Waals surface area (Å²) in [5.74, 6) is 0. The molecular formula is C11H17NOS. The fraction of sp³-hybridized carbons (Fsp3) is 0.727. The van der Waals surface area contributed by atoms with Crippen molar-refractivity contribution in [2.75, 3.05) is 0 Å². The van der Waals surface area contributed by atoms with Crippen LogP contribution in [0.25, 0.3) is 0 Å². The molecule has 1 N–H and O–H groups in total. The van der Waals surface area contributed by atoms with Crippen molar-refractivity contribution in [3.63, 3.8) is 0 Å². The van der Waals surface area contributed by atoms with Crippen LogP contribution < -0.4 is 0 Å². The largest absolute Gasteiger partial charge is 0.387 e. The highest BCUT2D eigenvalue weighted by molar-refractivity contribution is 7.11. The molecule has 0 amide bonds. The zero-order chi connectivity index (χ0) is 10.3. The van der Waals surface area contributed by atoms with Gasteiger partial charge in [-0.2, -0.15) is 0 Å². The quantitative estimate of drug-likeness (QED) is 0.774. The zero-order valence-electron chi connectivity index (χ0n) is 9.00. The predicted molar refractivity (Wildman–Crippen MR) is 58.6 cm³/mol. The smallest absolute Gasteiger partial charge is 0.0929 e. The molecule has 2 nitrogen and oxygen atoms in total. The third-order valence-corrected chi connectivity index (χ3v) is 4.11. The number of thiazole rings is 1. The molecule has 1 heterocycles. The van der Waals surface area contributed by atoms with Crippen LogP contribution in [0, 0.1) is 5.41 Å². The van der Waals surface area contributed by atoms with Gasteiger partial charge in [0, 0.05) is 0 Å². The number of aryl methyl sites for hydroxylation is 1. The summed E-state index contributed by atoms with van der Waals surface area (Å²) in [6, 6.07) is 0. The molecule has 14 heavy (non-hydrogen) atoms. The second kappa shape index (κ2) is 3.31. The molecule has 0 aliphatic heterocycles. The van der Waals surface area contributed by atoms with Crippen molar-refractivity contribution in [2.45, 2.75) is 46.1 Å². The summed E-state index contributed by atoms with van der Waals surface area (Å²) in [5, 5.41) is 11.1. The third kappa shape index (κ3) is 1.71. The van der Waals surface area contributed by atoms with Crippen molar-refractivity contribution in [1.29, 1.82) is 0 Å². The summed E-state index contributed by atoms with van der Waals surface area (Å²) in [4.78, 5) is 5.69. The minimum absolute atomic E-state index is 0.200. The normalized spacial score (nSPS) is 24.7. The van der Waals surface area contributed by atoms with E-state index in [-0.39, 0.29) is 11.5 Å². The summed E-state index contributed by atoms with van der Waals surface area (Å²) < 4.78 is 0. The van der Waals surface area contributed by atoms with E-state index in [1.807, 2.05) is 0 Å². The maximum atomic E-state index is 9.98. The van der Waals surface area contributed by atoms with Crippen LogP contribution in [0.15, 0.2) is 0 Å². The molecule has 78 valence electrons. The standard InChI is InChI=1S/C11H17NOS/c1-4-9-12-7-5-11(2,3)6-8(13)10(7)14-9/h8,13H,4-6H2,1-3H3. The molecule has 1 aliphatic rings. The number of rotatable bonds is 1. The Morgan fingerprint density at radius 3 is 2.93 bits per heavy atom. The average Bonchev–Trinajstić information content (AvgIpc) is 2.45. The Balaban J connectivity index is 2.38. The Labute approximate surface area is 89.0 Å². The summed E-state index contributed by atoms with van der Waals surface area (Å²) >= 11 is 1.68. The van der Waals surface area contributed by atoms with E-state index in [9.17, 15) is 5.11 Å². The second-order valence-corrected chi connectivity index (χ2v) is 5.95. The van der Waals surface area contributed by atoms with Gasteiger partial charge in [0.05, 0.1) is 21.7 Å². The highest BCUT2D eigenvalue weighted by atomic mass is 32.1. The summed E-state index contributed by atoms with van der Waals surface area (Å²) in [6.45, 7) is 6.51. The molecule has 0 aromatic carbocycles. The number of hydrogen-bond donors (Lipinski definition) is 1. The fourth-order valence-electron chi connectivity index (χ4n) is 2.09. The molecule has 0 spiro atoms. The number of aliphatic hydroxyl groups excluding tert-OH is 1. The van der Waals surface area contributed by atoms with E-state index in [0.29, 0.717) is 0 Å². The monoisotopic (exact) mass is 211 g/mol. The third-order valence-electron chi connectivity index (χ3n) is 2.77. The first-order chi connectivity index (χ1) is 6.52. The van der Waals surface area contributed by atoms with E-state index in [4.69, 9.17) is 0 Å². The van der Waals surface area contributed by atoms with E-state index >= 15 is 0 Å². The number of aliphatic hydroxyl groups is 1. The molecule has 1 atom stereocenters. The van der Waals surface area contributed by atoms with Gasteiger partial charge in [-0.25, -0.2) is 4.98 Å². The molecule has 1 unspecified atom stereocenters. The summed E-state index contributed by atoms with van der Waals surface area (Å²) in [7, 11) is 0. The van der Waals surface area contributed by atoms with Crippen LogP contribution in [0.4, 0.5) is 0 Å². The van der Waals surface area contributed by atoms with Crippen LogP contribution in [0.5, 0.6) is 0 Å². The van der Waals surface area contributed by atoms with Crippen LogP contribution in [0.2, 0.25) is 0 Å². The molecule has 0 bridgehead atoms. The summed E-state index contributed by atoms with van der Waals surface area (Å²) in [5.41, 5.74) is 1.33. The number of hydrogen-bond acceptors (Lipinski definition) is 3. The number of aromatic nitrogens is 1. The van der Waals surface area contributed by atoms with Crippen LogP contribution >= 0.6 is 11.3 Å². The van der Waals surface area contributed by atoms with Gasteiger partial charge in [-0.05, 0) is 24.7 Å². The molecule has 0 radical (unpaired) electrons. The van der Waals surface area contributed by atoms with E-state index in [1.165, 1.54) is 0 Å². The number of nitrogens with zero attached hydrogens (tertiary/aromatic N) is 1. The van der Waals surface area contributed by atoms with Crippen molar-refractivity contribution in [3.05, 3.63) is 15.6 Å². The maximum absolute atomic E-state index is 9.98. The Morgan fingerprint density at radius 2 is 2.29 bits per heavy atom. The van der Waals surface area contributed by atoms with Gasteiger partial charge in [-0.1, -0.05) is 20.8 Å². The molecule has 1 aromatic rings. The maximum Gasteiger partial charge on any atom is 0.0929 e. The minimum atomic E-state index is -0.286. The van der Waals surface area contributed by atoms with Crippen molar-refractivity contribution in [1.82, 2.24) is 4.98 Å². The van der Waals surface area contributed by atoms with E-state index in [0.717, 1.165) is 34.8 Å². The first kappa shape index (κ1) is 10.1. The topological polar surface area (TPSA) is 33.1 Å². The first-order valence-corrected chi connectivity index (χ1v) is 6.00. The lowest BCUT2D eigenvalue weighted by atomic mass is 9.77. The molecule has 2 rings (SSSR count). The van der Waals surface area contributed by atoms with Gasteiger partial charge in [-0.3, -0.25) is 0 Å². The SMILES string of the molecule is CCc1nc2c(s1)C(O)CC(C)(C)C2. The highest BCUT2D eigenvalue weighted by Gasteiger charge is 2.33. The van der Waals surface area contributed by atoms with Gasteiger partial charge in [0.25, 0.3) is 0 Å². The van der Waals surface area contributed by atoms with Gasteiger partial charge >= 0.3 is 0 Å². The van der Waals surface area contributed by atoms with Crippen LogP contribution in [-0.2, 0) is 12.8 Å². The van der Waals surface area contributed by atoms with Crippen molar-refractivity contribution in [3.8, 4) is 0 Å². The van der Waals surface area contributed by atoms with E-state index < -0.39 is 0 Å². The van der Waals surface area contributed by atoms with Crippen LogP contribution in [0.1, 0.15) is 48.9 Å². The minimum Gasteiger partial charge on any atom is -0.387 e. The lowest BCUT2D eigenvalue weighted by Gasteiger charge is -2.31. The van der Waals surface area contributed by atoms with Crippen molar-refractivity contribution < 1.29 is 5.11 Å². The number of fused-ring (bicyclic) bond motifs is 1. The first-order valence-electron chi connectivity index (χ1n) is 5.18. The van der Waals surface area contributed by atoms with Gasteiger partial charge in [0.2, 0.25) is 0 Å². The Hall–Kier alpha value is -0.410. The van der Waals surface area contributed by atoms with E-state index in [1.54, 1.807) is 11.3 Å². The van der Waals surface area contributed by atoms with Gasteiger partial charge in [-0.15, -0.1) is 11.3 Å². The Morgan fingerprint density at radius 1 is 1.57 bits per heavy atom. The average molecular weight is 211 g/mol. The highest BCUT2D eigenvalue weighted by Crippen LogP contribution is 2.42. The molecule has 0 saturated carbocycles. The molecule has 0 saturated heterocycles. The van der Waals surface area contributed by atoms with Gasteiger partial charge in [0.15, 0.2) is 0 Å². The lowest BCUT2D eigenvalue weighted by molar-refractivity contribution is 0.102. The second-order valence-electron chi connectivity index (χ2n) is 4.83. The van der Waals surface area contributed by atoms with Crippen molar-refractivity contribution in [2.24, 2.45) is 5.41 Å². The fourth-order valence-corrected chi connectivity index (χ4v) is 3.10. The zero-order valence-corrected chi connectivity index (χ0v) is 9.82.